The Kier molecular flexibility index (Phi) is 4.16. The molecule has 2 aliphatic rings. The fourth-order valence-corrected chi connectivity index (χ4v) is 4.10. The third-order valence-corrected chi connectivity index (χ3v) is 5.57. The Balaban J connectivity index is 1.98. The van der Waals surface area contributed by atoms with Crippen LogP contribution < -0.4 is 0 Å². The Labute approximate surface area is 134 Å². The van der Waals surface area contributed by atoms with E-state index in [1.54, 1.807) is 4.90 Å². The molecule has 2 aliphatic heterocycles. The topological polar surface area (TPSA) is 20.3 Å². The van der Waals surface area contributed by atoms with E-state index in [4.69, 9.17) is 0 Å². The summed E-state index contributed by atoms with van der Waals surface area (Å²) in [6, 6.07) is 1.84. The molecule has 0 spiro atoms. The molecule has 1 aromatic rings. The molecule has 1 amide bonds. The summed E-state index contributed by atoms with van der Waals surface area (Å²) in [4.78, 5) is 14.2. The summed E-state index contributed by atoms with van der Waals surface area (Å²) in [6.45, 7) is 0. The first-order chi connectivity index (χ1) is 9.99. The zero-order chi connectivity index (χ0) is 15.1. The number of piperidine rings is 2. The van der Waals surface area contributed by atoms with Crippen molar-refractivity contribution in [3.05, 3.63) is 35.1 Å². The molecule has 0 saturated carbocycles. The molecule has 1 unspecified atom stereocenters. The molecule has 3 rings (SSSR count). The van der Waals surface area contributed by atoms with E-state index in [0.29, 0.717) is 12.0 Å². The first kappa shape index (κ1) is 15.1. The summed E-state index contributed by atoms with van der Waals surface area (Å²) >= 11 is 2.12. The molecular formula is C15H15F3INO. The zero-order valence-electron chi connectivity index (χ0n) is 11.3. The lowest BCUT2D eigenvalue weighted by molar-refractivity contribution is -0.140. The van der Waals surface area contributed by atoms with Gasteiger partial charge in [0.1, 0.15) is 0 Å². The van der Waals surface area contributed by atoms with Crippen molar-refractivity contribution in [1.29, 1.82) is 0 Å². The zero-order valence-corrected chi connectivity index (χ0v) is 13.4. The molecule has 2 fully saturated rings. The van der Waals surface area contributed by atoms with Crippen molar-refractivity contribution in [2.45, 2.75) is 48.1 Å². The van der Waals surface area contributed by atoms with E-state index in [-0.39, 0.29) is 21.9 Å². The minimum atomic E-state index is -1.46. The highest BCUT2D eigenvalue weighted by atomic mass is 127. The largest absolute Gasteiger partial charge is 0.332 e. The predicted octanol–water partition coefficient (Wildman–Crippen LogP) is 4.12. The molecule has 114 valence electrons. The minimum Gasteiger partial charge on any atom is -0.332 e. The van der Waals surface area contributed by atoms with Crippen molar-refractivity contribution < 1.29 is 18.0 Å². The number of hydrogen-bond donors (Lipinski definition) is 0. The molecule has 3 atom stereocenters. The van der Waals surface area contributed by atoms with Crippen LogP contribution in [0, 0.1) is 17.5 Å². The molecule has 0 bridgehead atoms. The van der Waals surface area contributed by atoms with Gasteiger partial charge in [-0.3, -0.25) is 4.79 Å². The van der Waals surface area contributed by atoms with Crippen LogP contribution in [0.3, 0.4) is 0 Å². The number of rotatable bonds is 1. The molecule has 2 nitrogen and oxygen atoms in total. The van der Waals surface area contributed by atoms with E-state index in [1.807, 2.05) is 0 Å². The van der Waals surface area contributed by atoms with Crippen LogP contribution >= 0.6 is 22.6 Å². The smallest absolute Gasteiger partial charge is 0.236 e. The number of fused-ring (bicyclic) bond motifs is 1. The SMILES string of the molecule is O=C1C(I)CC[C@H]2CCC[C@@H](c3cc(F)c(F)c(F)c3)N12. The van der Waals surface area contributed by atoms with E-state index in [9.17, 15) is 18.0 Å². The highest BCUT2D eigenvalue weighted by Crippen LogP contribution is 2.41. The van der Waals surface area contributed by atoms with Gasteiger partial charge in [0.2, 0.25) is 5.91 Å². The fourth-order valence-electron chi connectivity index (χ4n) is 3.42. The quantitative estimate of drug-likeness (QED) is 0.388. The van der Waals surface area contributed by atoms with E-state index in [0.717, 1.165) is 37.8 Å². The maximum absolute atomic E-state index is 13.5. The normalized spacial score (nSPS) is 29.4. The van der Waals surface area contributed by atoms with Crippen LogP contribution in [0.5, 0.6) is 0 Å². The van der Waals surface area contributed by atoms with Crippen molar-refractivity contribution in [3.8, 4) is 0 Å². The van der Waals surface area contributed by atoms with Gasteiger partial charge in [-0.25, -0.2) is 13.2 Å². The number of halogens is 4. The highest BCUT2D eigenvalue weighted by Gasteiger charge is 2.41. The van der Waals surface area contributed by atoms with Crippen molar-refractivity contribution in [1.82, 2.24) is 4.90 Å². The molecule has 0 aromatic heterocycles. The van der Waals surface area contributed by atoms with Crippen LogP contribution in [-0.4, -0.2) is 20.8 Å². The van der Waals surface area contributed by atoms with Gasteiger partial charge in [-0.15, -0.1) is 0 Å². The molecule has 6 heteroatoms. The fraction of sp³-hybridized carbons (Fsp3) is 0.533. The molecule has 0 radical (unpaired) electrons. The van der Waals surface area contributed by atoms with E-state index in [2.05, 4.69) is 22.6 Å². The van der Waals surface area contributed by atoms with Gasteiger partial charge in [0, 0.05) is 6.04 Å². The molecule has 2 heterocycles. The highest BCUT2D eigenvalue weighted by molar-refractivity contribution is 14.1. The Hall–Kier alpha value is -0.790. The summed E-state index contributed by atoms with van der Waals surface area (Å²) in [6.07, 6.45) is 4.26. The van der Waals surface area contributed by atoms with Crippen LogP contribution in [0.4, 0.5) is 13.2 Å². The molecular weight excluding hydrogens is 394 g/mol. The second kappa shape index (κ2) is 5.78. The van der Waals surface area contributed by atoms with Gasteiger partial charge in [-0.2, -0.15) is 0 Å². The predicted molar refractivity (Wildman–Crippen MR) is 80.6 cm³/mol. The average Bonchev–Trinajstić information content (AvgIpc) is 2.47. The molecule has 0 aliphatic carbocycles. The minimum absolute atomic E-state index is 0.0293. The number of amides is 1. The summed E-state index contributed by atoms with van der Waals surface area (Å²) in [5, 5.41) is 0. The van der Waals surface area contributed by atoms with Gasteiger partial charge in [-0.05, 0) is 49.8 Å². The van der Waals surface area contributed by atoms with Crippen molar-refractivity contribution in [3.63, 3.8) is 0 Å². The van der Waals surface area contributed by atoms with Gasteiger partial charge in [0.15, 0.2) is 17.5 Å². The average molecular weight is 409 g/mol. The summed E-state index contributed by atoms with van der Waals surface area (Å²) < 4.78 is 40.0. The molecule has 21 heavy (non-hydrogen) atoms. The van der Waals surface area contributed by atoms with E-state index >= 15 is 0 Å². The van der Waals surface area contributed by atoms with Gasteiger partial charge >= 0.3 is 0 Å². The number of hydrogen-bond acceptors (Lipinski definition) is 1. The molecule has 0 N–H and O–H groups in total. The van der Waals surface area contributed by atoms with E-state index in [1.165, 1.54) is 0 Å². The lowest BCUT2D eigenvalue weighted by Crippen LogP contribution is -2.52. The van der Waals surface area contributed by atoms with Gasteiger partial charge in [0.25, 0.3) is 0 Å². The maximum atomic E-state index is 13.5. The van der Waals surface area contributed by atoms with Gasteiger partial charge in [0.05, 0.1) is 9.97 Å². The number of benzene rings is 1. The molecule has 2 saturated heterocycles. The van der Waals surface area contributed by atoms with Crippen LogP contribution in [0.1, 0.15) is 43.7 Å². The Bertz CT molecular complexity index is 557. The lowest BCUT2D eigenvalue weighted by Gasteiger charge is -2.46. The summed E-state index contributed by atoms with van der Waals surface area (Å²) in [7, 11) is 0. The van der Waals surface area contributed by atoms with E-state index < -0.39 is 17.5 Å². The second-order valence-corrected chi connectivity index (χ2v) is 7.19. The number of carbonyl (C=O) groups excluding carboxylic acids is 1. The Morgan fingerprint density at radius 2 is 1.71 bits per heavy atom. The number of alkyl halides is 1. The summed E-state index contributed by atoms with van der Waals surface area (Å²) in [5.74, 6) is -3.81. The van der Waals surface area contributed by atoms with Crippen molar-refractivity contribution in [2.75, 3.05) is 0 Å². The van der Waals surface area contributed by atoms with Crippen molar-refractivity contribution in [2.24, 2.45) is 0 Å². The van der Waals surface area contributed by atoms with Crippen LogP contribution in [-0.2, 0) is 4.79 Å². The van der Waals surface area contributed by atoms with Crippen LogP contribution in [0.15, 0.2) is 12.1 Å². The van der Waals surface area contributed by atoms with Crippen molar-refractivity contribution >= 4 is 28.5 Å². The van der Waals surface area contributed by atoms with Gasteiger partial charge < -0.3 is 4.90 Å². The number of nitrogens with zero attached hydrogens (tertiary/aromatic N) is 1. The third kappa shape index (κ3) is 2.66. The monoisotopic (exact) mass is 409 g/mol. The first-order valence-electron chi connectivity index (χ1n) is 7.09. The van der Waals surface area contributed by atoms with Crippen LogP contribution in [0.25, 0.3) is 0 Å². The Morgan fingerprint density at radius 1 is 1.05 bits per heavy atom. The third-order valence-electron chi connectivity index (χ3n) is 4.41. The van der Waals surface area contributed by atoms with Gasteiger partial charge in [-0.1, -0.05) is 22.6 Å². The first-order valence-corrected chi connectivity index (χ1v) is 8.34. The Morgan fingerprint density at radius 3 is 2.38 bits per heavy atom. The van der Waals surface area contributed by atoms with Crippen LogP contribution in [0.2, 0.25) is 0 Å². The second-order valence-electron chi connectivity index (χ2n) is 5.69. The standard InChI is InChI=1S/C15H15F3INO/c16-10-6-8(7-11(17)14(10)18)13-3-1-2-9-4-5-12(19)15(21)20(9)13/h6-7,9,12-13H,1-5H2/t9-,12?,13+/m1/s1. The lowest BCUT2D eigenvalue weighted by atomic mass is 9.85. The maximum Gasteiger partial charge on any atom is 0.236 e. The summed E-state index contributed by atoms with van der Waals surface area (Å²) in [5.41, 5.74) is 0.356. The number of carbonyl (C=O) groups is 1. The molecule has 1 aromatic carbocycles.